The van der Waals surface area contributed by atoms with Crippen LogP contribution in [0.5, 0.6) is 0 Å². The monoisotopic (exact) mass is 418 g/mol. The molecule has 2 aromatic carbocycles. The van der Waals surface area contributed by atoms with E-state index in [1.165, 1.54) is 27.2 Å². The van der Waals surface area contributed by atoms with Gasteiger partial charge in [0, 0.05) is 5.39 Å². The molecule has 1 aliphatic carbocycles. The summed E-state index contributed by atoms with van der Waals surface area (Å²) in [4.78, 5) is 27.9. The summed E-state index contributed by atoms with van der Waals surface area (Å²) < 4.78 is 7.83. The van der Waals surface area contributed by atoms with Crippen molar-refractivity contribution in [2.75, 3.05) is 0 Å². The van der Waals surface area contributed by atoms with Gasteiger partial charge in [-0.2, -0.15) is 4.37 Å². The SMILES string of the molecule is Cc1cc(C)c2c(Cn3c(=O)n([C]4CCCCC4)c(=O)c4ccccc43)snc2c1. The van der Waals surface area contributed by atoms with Crippen molar-refractivity contribution in [1.82, 2.24) is 13.5 Å². The molecule has 5 nitrogen and oxygen atoms in total. The van der Waals surface area contributed by atoms with Crippen LogP contribution in [-0.4, -0.2) is 13.5 Å². The lowest BCUT2D eigenvalue weighted by Gasteiger charge is -2.24. The van der Waals surface area contributed by atoms with Gasteiger partial charge in [-0.1, -0.05) is 37.5 Å². The molecule has 153 valence electrons. The van der Waals surface area contributed by atoms with Gasteiger partial charge in [0.25, 0.3) is 5.56 Å². The fourth-order valence-electron chi connectivity index (χ4n) is 4.72. The van der Waals surface area contributed by atoms with Crippen LogP contribution < -0.4 is 11.2 Å². The maximum atomic E-state index is 13.6. The summed E-state index contributed by atoms with van der Waals surface area (Å²) in [5, 5.41) is 1.71. The molecule has 6 heteroatoms. The Morgan fingerprint density at radius 2 is 1.80 bits per heavy atom. The van der Waals surface area contributed by atoms with Gasteiger partial charge in [0.1, 0.15) is 0 Å². The Balaban J connectivity index is 1.73. The molecule has 5 rings (SSSR count). The lowest BCUT2D eigenvalue weighted by Crippen LogP contribution is -2.43. The average molecular weight is 419 g/mol. The number of rotatable bonds is 3. The molecule has 0 unspecified atom stereocenters. The molecular formula is C24H24N3O2S. The van der Waals surface area contributed by atoms with Gasteiger partial charge < -0.3 is 0 Å². The lowest BCUT2D eigenvalue weighted by atomic mass is 9.95. The van der Waals surface area contributed by atoms with Crippen LogP contribution in [0.25, 0.3) is 21.8 Å². The first-order valence-corrected chi connectivity index (χ1v) is 11.3. The van der Waals surface area contributed by atoms with Crippen molar-refractivity contribution in [3.05, 3.63) is 79.3 Å². The van der Waals surface area contributed by atoms with Crippen molar-refractivity contribution in [3.8, 4) is 0 Å². The van der Waals surface area contributed by atoms with E-state index in [0.29, 0.717) is 17.4 Å². The maximum Gasteiger partial charge on any atom is 0.332 e. The van der Waals surface area contributed by atoms with E-state index in [9.17, 15) is 9.59 Å². The quantitative estimate of drug-likeness (QED) is 0.481. The fraction of sp³-hybridized carbons (Fsp3) is 0.333. The van der Waals surface area contributed by atoms with Crippen molar-refractivity contribution < 1.29 is 0 Å². The van der Waals surface area contributed by atoms with Gasteiger partial charge in [0.2, 0.25) is 0 Å². The number of fused-ring (bicyclic) bond motifs is 2. The van der Waals surface area contributed by atoms with E-state index < -0.39 is 0 Å². The van der Waals surface area contributed by atoms with Gasteiger partial charge in [-0.05, 0) is 67.5 Å². The topological polar surface area (TPSA) is 56.9 Å². The summed E-state index contributed by atoms with van der Waals surface area (Å²) in [5.41, 5.74) is 3.58. The van der Waals surface area contributed by atoms with E-state index in [4.69, 9.17) is 0 Å². The molecule has 2 aromatic heterocycles. The zero-order chi connectivity index (χ0) is 20.8. The predicted octanol–water partition coefficient (Wildman–Crippen LogP) is 4.78. The molecular weight excluding hydrogens is 394 g/mol. The summed E-state index contributed by atoms with van der Waals surface area (Å²) in [7, 11) is 0. The summed E-state index contributed by atoms with van der Waals surface area (Å²) in [5.74, 6) is 0. The summed E-state index contributed by atoms with van der Waals surface area (Å²) in [6.07, 6.45) is 4.86. The molecule has 1 saturated carbocycles. The highest BCUT2D eigenvalue weighted by Gasteiger charge is 2.23. The van der Waals surface area contributed by atoms with E-state index in [2.05, 4.69) is 30.4 Å². The van der Waals surface area contributed by atoms with Crippen LogP contribution in [0.2, 0.25) is 0 Å². The van der Waals surface area contributed by atoms with Crippen molar-refractivity contribution in [1.29, 1.82) is 0 Å². The minimum Gasteiger partial charge on any atom is -0.288 e. The first-order valence-electron chi connectivity index (χ1n) is 10.5. The van der Waals surface area contributed by atoms with E-state index in [1.807, 2.05) is 24.3 Å². The number of aryl methyl sites for hydroxylation is 2. The van der Waals surface area contributed by atoms with Crippen LogP contribution >= 0.6 is 11.5 Å². The Morgan fingerprint density at radius 1 is 1.03 bits per heavy atom. The number of aromatic nitrogens is 3. The molecule has 1 fully saturated rings. The molecule has 30 heavy (non-hydrogen) atoms. The molecule has 0 bridgehead atoms. The molecule has 0 spiro atoms. The second kappa shape index (κ2) is 7.51. The highest BCUT2D eigenvalue weighted by molar-refractivity contribution is 7.07. The van der Waals surface area contributed by atoms with Gasteiger partial charge in [-0.25, -0.2) is 4.79 Å². The number of hydrogen-bond donors (Lipinski definition) is 0. The average Bonchev–Trinajstić information content (AvgIpc) is 3.15. The van der Waals surface area contributed by atoms with Gasteiger partial charge in [0.15, 0.2) is 0 Å². The lowest BCUT2D eigenvalue weighted by molar-refractivity contribution is 0.466. The molecule has 0 aliphatic heterocycles. The van der Waals surface area contributed by atoms with Crippen LogP contribution in [-0.2, 0) is 6.54 Å². The second-order valence-electron chi connectivity index (χ2n) is 8.24. The first-order chi connectivity index (χ1) is 14.5. The zero-order valence-corrected chi connectivity index (χ0v) is 18.1. The van der Waals surface area contributed by atoms with E-state index in [-0.39, 0.29) is 11.2 Å². The van der Waals surface area contributed by atoms with Crippen LogP contribution in [0.4, 0.5) is 0 Å². The summed E-state index contributed by atoms with van der Waals surface area (Å²) in [6.45, 7) is 4.58. The Morgan fingerprint density at radius 3 is 2.60 bits per heavy atom. The first kappa shape index (κ1) is 19.2. The molecule has 0 N–H and O–H groups in total. The standard InChI is InChI=1S/C24H24N3O2S/c1-15-12-16(2)22-19(13-15)25-30-21(22)14-26-20-11-7-6-10-18(20)23(28)27(24(26)29)17-8-4-3-5-9-17/h6-7,10-13H,3-5,8-9,14H2,1-2H3. The summed E-state index contributed by atoms with van der Waals surface area (Å²) in [6, 6.07) is 12.6. The van der Waals surface area contributed by atoms with Crippen molar-refractivity contribution in [2.24, 2.45) is 0 Å². The highest BCUT2D eigenvalue weighted by atomic mass is 32.1. The van der Waals surface area contributed by atoms with Crippen molar-refractivity contribution in [2.45, 2.75) is 52.5 Å². The third-order valence-electron chi connectivity index (χ3n) is 6.09. The Hall–Kier alpha value is -2.73. The van der Waals surface area contributed by atoms with Crippen LogP contribution in [0.1, 0.15) is 48.1 Å². The molecule has 0 saturated heterocycles. The number of hydrogen-bond acceptors (Lipinski definition) is 4. The van der Waals surface area contributed by atoms with Crippen molar-refractivity contribution in [3.63, 3.8) is 0 Å². The molecule has 0 amide bonds. The minimum absolute atomic E-state index is 0.190. The van der Waals surface area contributed by atoms with Crippen LogP contribution in [0.15, 0.2) is 46.0 Å². The predicted molar refractivity (Wildman–Crippen MR) is 122 cm³/mol. The van der Waals surface area contributed by atoms with Gasteiger partial charge >= 0.3 is 5.69 Å². The fourth-order valence-corrected chi connectivity index (χ4v) is 5.61. The largest absolute Gasteiger partial charge is 0.332 e. The minimum atomic E-state index is -0.234. The number of para-hydroxylation sites is 1. The summed E-state index contributed by atoms with van der Waals surface area (Å²) >= 11 is 1.44. The van der Waals surface area contributed by atoms with Gasteiger partial charge in [-0.3, -0.25) is 13.9 Å². The van der Waals surface area contributed by atoms with Crippen LogP contribution in [0.3, 0.4) is 0 Å². The smallest absolute Gasteiger partial charge is 0.288 e. The normalized spacial score (nSPS) is 15.3. The van der Waals surface area contributed by atoms with E-state index in [1.54, 1.807) is 4.57 Å². The Labute approximate surface area is 178 Å². The van der Waals surface area contributed by atoms with Gasteiger partial charge in [-0.15, -0.1) is 0 Å². The zero-order valence-electron chi connectivity index (χ0n) is 17.3. The maximum absolute atomic E-state index is 13.6. The number of benzene rings is 2. The molecule has 2 heterocycles. The highest BCUT2D eigenvalue weighted by Crippen LogP contribution is 2.29. The third-order valence-corrected chi connectivity index (χ3v) is 6.93. The molecule has 0 atom stereocenters. The molecule has 1 radical (unpaired) electrons. The molecule has 4 aromatic rings. The van der Waals surface area contributed by atoms with Gasteiger partial charge in [0.05, 0.1) is 33.9 Å². The Kier molecular flexibility index (Phi) is 4.82. The molecule has 1 aliphatic rings. The third kappa shape index (κ3) is 3.10. The van der Waals surface area contributed by atoms with Crippen LogP contribution in [0, 0.1) is 19.9 Å². The second-order valence-corrected chi connectivity index (χ2v) is 9.09. The number of nitrogens with zero attached hydrogens (tertiary/aromatic N) is 3. The van der Waals surface area contributed by atoms with Crippen molar-refractivity contribution >= 4 is 33.3 Å². The van der Waals surface area contributed by atoms with E-state index >= 15 is 0 Å². The Bertz CT molecular complexity index is 1370. The van der Waals surface area contributed by atoms with E-state index in [0.717, 1.165) is 53.9 Å².